The number of morpholine rings is 1. The van der Waals surface area contributed by atoms with Crippen molar-refractivity contribution in [3.8, 4) is 5.75 Å². The Morgan fingerprint density at radius 2 is 1.70 bits per heavy atom. The van der Waals surface area contributed by atoms with Gasteiger partial charge in [-0.05, 0) is 38.4 Å². The van der Waals surface area contributed by atoms with E-state index in [1.54, 1.807) is 0 Å². The van der Waals surface area contributed by atoms with Gasteiger partial charge in [0.15, 0.2) is 0 Å². The molecular weight excluding hydrogens is 250 g/mol. The zero-order valence-electron chi connectivity index (χ0n) is 12.6. The summed E-state index contributed by atoms with van der Waals surface area (Å²) in [6.07, 6.45) is 5.01. The molecule has 0 radical (unpaired) electrons. The fourth-order valence-corrected chi connectivity index (χ4v) is 2.44. The van der Waals surface area contributed by atoms with Gasteiger partial charge in [-0.1, -0.05) is 30.5 Å². The van der Waals surface area contributed by atoms with Crippen molar-refractivity contribution < 1.29 is 9.47 Å². The average molecular weight is 277 g/mol. The first-order valence-electron chi connectivity index (χ1n) is 7.84. The van der Waals surface area contributed by atoms with Crippen molar-refractivity contribution in [2.75, 3.05) is 39.5 Å². The first-order chi connectivity index (χ1) is 9.84. The van der Waals surface area contributed by atoms with E-state index in [9.17, 15) is 0 Å². The monoisotopic (exact) mass is 277 g/mol. The number of hydrogen-bond acceptors (Lipinski definition) is 3. The lowest BCUT2D eigenvalue weighted by molar-refractivity contribution is 0.0371. The number of unbranched alkanes of at least 4 members (excludes halogenated alkanes) is 3. The fourth-order valence-electron chi connectivity index (χ4n) is 2.44. The Balaban J connectivity index is 1.44. The van der Waals surface area contributed by atoms with Crippen LogP contribution in [0.1, 0.15) is 31.2 Å². The quantitative estimate of drug-likeness (QED) is 0.681. The normalized spacial score (nSPS) is 16.2. The lowest BCUT2D eigenvalue weighted by Gasteiger charge is -2.26. The number of rotatable bonds is 8. The molecule has 20 heavy (non-hydrogen) atoms. The van der Waals surface area contributed by atoms with Gasteiger partial charge in [-0.15, -0.1) is 0 Å². The van der Waals surface area contributed by atoms with E-state index in [-0.39, 0.29) is 0 Å². The topological polar surface area (TPSA) is 21.7 Å². The van der Waals surface area contributed by atoms with Crippen molar-refractivity contribution in [3.63, 3.8) is 0 Å². The molecular formula is C17H27NO2. The van der Waals surface area contributed by atoms with Crippen molar-refractivity contribution in [2.24, 2.45) is 0 Å². The second-order valence-corrected chi connectivity index (χ2v) is 5.53. The molecule has 112 valence electrons. The summed E-state index contributed by atoms with van der Waals surface area (Å²) in [6, 6.07) is 8.29. The van der Waals surface area contributed by atoms with Gasteiger partial charge in [-0.25, -0.2) is 0 Å². The molecule has 0 atom stereocenters. The minimum atomic E-state index is 0.834. The summed E-state index contributed by atoms with van der Waals surface area (Å²) < 4.78 is 11.1. The summed E-state index contributed by atoms with van der Waals surface area (Å²) in [6.45, 7) is 8.18. The molecule has 0 N–H and O–H groups in total. The van der Waals surface area contributed by atoms with Gasteiger partial charge >= 0.3 is 0 Å². The van der Waals surface area contributed by atoms with Gasteiger partial charge in [-0.2, -0.15) is 0 Å². The van der Waals surface area contributed by atoms with Crippen molar-refractivity contribution in [1.29, 1.82) is 0 Å². The Morgan fingerprint density at radius 1 is 1.00 bits per heavy atom. The number of hydrogen-bond donors (Lipinski definition) is 0. The molecule has 0 unspecified atom stereocenters. The second kappa shape index (κ2) is 8.98. The zero-order chi connectivity index (χ0) is 14.0. The van der Waals surface area contributed by atoms with Crippen molar-refractivity contribution >= 4 is 0 Å². The van der Waals surface area contributed by atoms with E-state index < -0.39 is 0 Å². The third-order valence-corrected chi connectivity index (χ3v) is 3.76. The SMILES string of the molecule is Cc1ccc(OCCCCCCN2CCOCC2)cc1. The Bertz CT molecular complexity index is 358. The molecule has 1 aliphatic heterocycles. The zero-order valence-corrected chi connectivity index (χ0v) is 12.6. The van der Waals surface area contributed by atoms with E-state index >= 15 is 0 Å². The predicted molar refractivity (Wildman–Crippen MR) is 82.4 cm³/mol. The maximum absolute atomic E-state index is 5.73. The van der Waals surface area contributed by atoms with Gasteiger partial charge in [0.1, 0.15) is 5.75 Å². The molecule has 1 heterocycles. The first-order valence-corrected chi connectivity index (χ1v) is 7.84. The molecule has 0 aliphatic carbocycles. The Kier molecular flexibility index (Phi) is 6.89. The van der Waals surface area contributed by atoms with Gasteiger partial charge in [0.25, 0.3) is 0 Å². The fraction of sp³-hybridized carbons (Fsp3) is 0.647. The number of benzene rings is 1. The summed E-state index contributed by atoms with van der Waals surface area (Å²) in [5, 5.41) is 0. The molecule has 1 aromatic rings. The van der Waals surface area contributed by atoms with E-state index in [1.807, 2.05) is 12.1 Å². The Labute approximate surface area is 122 Å². The summed E-state index contributed by atoms with van der Waals surface area (Å²) in [5.41, 5.74) is 1.28. The van der Waals surface area contributed by atoms with Crippen molar-refractivity contribution in [3.05, 3.63) is 29.8 Å². The highest BCUT2D eigenvalue weighted by molar-refractivity contribution is 5.26. The molecule has 0 amide bonds. The van der Waals surface area contributed by atoms with Crippen LogP contribution in [0.4, 0.5) is 0 Å². The molecule has 0 aromatic heterocycles. The highest BCUT2D eigenvalue weighted by atomic mass is 16.5. The standard InChI is InChI=1S/C17H27NO2/c1-16-6-8-17(9-7-16)20-13-5-3-2-4-10-18-11-14-19-15-12-18/h6-9H,2-5,10-15H2,1H3. The van der Waals surface area contributed by atoms with Crippen LogP contribution in [-0.4, -0.2) is 44.4 Å². The lowest BCUT2D eigenvalue weighted by atomic mass is 10.2. The summed E-state index contributed by atoms with van der Waals surface area (Å²) in [5.74, 6) is 0.990. The van der Waals surface area contributed by atoms with Gasteiger partial charge in [0.2, 0.25) is 0 Å². The molecule has 3 heteroatoms. The molecule has 0 saturated carbocycles. The summed E-state index contributed by atoms with van der Waals surface area (Å²) in [7, 11) is 0. The van der Waals surface area contributed by atoms with Gasteiger partial charge in [0, 0.05) is 13.1 Å². The first kappa shape index (κ1) is 15.3. The molecule has 2 rings (SSSR count). The van der Waals surface area contributed by atoms with Crippen LogP contribution in [0, 0.1) is 6.92 Å². The van der Waals surface area contributed by atoms with Crippen LogP contribution in [0.2, 0.25) is 0 Å². The van der Waals surface area contributed by atoms with Crippen LogP contribution in [0.15, 0.2) is 24.3 Å². The van der Waals surface area contributed by atoms with E-state index in [0.29, 0.717) is 0 Å². The van der Waals surface area contributed by atoms with Crippen LogP contribution in [-0.2, 0) is 4.74 Å². The number of nitrogens with zero attached hydrogens (tertiary/aromatic N) is 1. The van der Waals surface area contributed by atoms with Gasteiger partial charge in [-0.3, -0.25) is 4.90 Å². The predicted octanol–water partition coefficient (Wildman–Crippen LogP) is 3.27. The number of ether oxygens (including phenoxy) is 2. The molecule has 0 bridgehead atoms. The number of aryl methyl sites for hydroxylation is 1. The Morgan fingerprint density at radius 3 is 2.45 bits per heavy atom. The molecule has 1 aromatic carbocycles. The van der Waals surface area contributed by atoms with E-state index in [2.05, 4.69) is 24.0 Å². The minimum absolute atomic E-state index is 0.834. The third kappa shape index (κ3) is 5.93. The van der Waals surface area contributed by atoms with Crippen LogP contribution >= 0.6 is 0 Å². The molecule has 1 fully saturated rings. The Hall–Kier alpha value is -1.06. The molecule has 1 aliphatic rings. The van der Waals surface area contributed by atoms with E-state index in [4.69, 9.17) is 9.47 Å². The van der Waals surface area contributed by atoms with Crippen molar-refractivity contribution in [2.45, 2.75) is 32.6 Å². The van der Waals surface area contributed by atoms with E-state index in [1.165, 1.54) is 31.4 Å². The van der Waals surface area contributed by atoms with Gasteiger partial charge in [0.05, 0.1) is 19.8 Å². The smallest absolute Gasteiger partial charge is 0.119 e. The maximum Gasteiger partial charge on any atom is 0.119 e. The van der Waals surface area contributed by atoms with Crippen LogP contribution in [0.5, 0.6) is 5.75 Å². The minimum Gasteiger partial charge on any atom is -0.494 e. The molecule has 3 nitrogen and oxygen atoms in total. The van der Waals surface area contributed by atoms with Gasteiger partial charge < -0.3 is 9.47 Å². The highest BCUT2D eigenvalue weighted by Gasteiger charge is 2.08. The largest absolute Gasteiger partial charge is 0.494 e. The molecule has 0 spiro atoms. The van der Waals surface area contributed by atoms with E-state index in [0.717, 1.165) is 45.1 Å². The molecule has 1 saturated heterocycles. The van der Waals surface area contributed by atoms with Crippen LogP contribution in [0.3, 0.4) is 0 Å². The lowest BCUT2D eigenvalue weighted by Crippen LogP contribution is -2.36. The summed E-state index contributed by atoms with van der Waals surface area (Å²) in [4.78, 5) is 2.51. The highest BCUT2D eigenvalue weighted by Crippen LogP contribution is 2.12. The van der Waals surface area contributed by atoms with Crippen LogP contribution < -0.4 is 4.74 Å². The maximum atomic E-state index is 5.73. The van der Waals surface area contributed by atoms with Crippen molar-refractivity contribution in [1.82, 2.24) is 4.90 Å². The van der Waals surface area contributed by atoms with Crippen LogP contribution in [0.25, 0.3) is 0 Å². The third-order valence-electron chi connectivity index (χ3n) is 3.76. The average Bonchev–Trinajstić information content (AvgIpc) is 2.49. The second-order valence-electron chi connectivity index (χ2n) is 5.53. The summed E-state index contributed by atoms with van der Waals surface area (Å²) >= 11 is 0.